The van der Waals surface area contributed by atoms with E-state index in [0.717, 1.165) is 30.7 Å². The zero-order valence-electron chi connectivity index (χ0n) is 18.8. The molecule has 10 heteroatoms. The highest BCUT2D eigenvalue weighted by molar-refractivity contribution is 7.92. The van der Waals surface area contributed by atoms with Crippen molar-refractivity contribution in [1.82, 2.24) is 4.90 Å². The maximum atomic E-state index is 14.0. The van der Waals surface area contributed by atoms with Gasteiger partial charge in [0.05, 0.1) is 31.0 Å². The number of ether oxygens (including phenoxy) is 1. The summed E-state index contributed by atoms with van der Waals surface area (Å²) in [6.45, 7) is 2.57. The van der Waals surface area contributed by atoms with Crippen molar-refractivity contribution in [1.29, 1.82) is 0 Å². The summed E-state index contributed by atoms with van der Waals surface area (Å²) in [4.78, 5) is 27.8. The Labute approximate surface area is 193 Å². The maximum Gasteiger partial charge on any atom is 0.230 e. The third-order valence-corrected chi connectivity index (χ3v) is 6.10. The first kappa shape index (κ1) is 24.5. The molecule has 2 aromatic carbocycles. The van der Waals surface area contributed by atoms with Crippen LogP contribution in [-0.4, -0.2) is 45.0 Å². The van der Waals surface area contributed by atoms with Gasteiger partial charge >= 0.3 is 0 Å². The molecule has 1 saturated heterocycles. The predicted molar refractivity (Wildman–Crippen MR) is 124 cm³/mol. The van der Waals surface area contributed by atoms with Crippen LogP contribution in [0.1, 0.15) is 37.8 Å². The van der Waals surface area contributed by atoms with Gasteiger partial charge in [0.25, 0.3) is 0 Å². The van der Waals surface area contributed by atoms with Crippen LogP contribution in [-0.2, 0) is 19.6 Å². The molecule has 2 amide bonds. The van der Waals surface area contributed by atoms with Crippen molar-refractivity contribution in [2.24, 2.45) is 5.92 Å². The number of rotatable bonds is 9. The van der Waals surface area contributed by atoms with Crippen LogP contribution in [0.3, 0.4) is 0 Å². The molecule has 178 valence electrons. The third-order valence-electron chi connectivity index (χ3n) is 5.51. The molecule has 0 saturated carbocycles. The van der Waals surface area contributed by atoms with Gasteiger partial charge in [0.1, 0.15) is 11.6 Å². The standard InChI is InChI=1S/C23H28FN3O5S/c1-4-5-12-27-21(28)14-18(22(27)15-6-9-17(32-2)10-7-15)23(29)25-16-8-11-19(24)20(13-16)26-33(3,30)31/h6-11,13,18,22,26H,4-5,12,14H2,1-3H3,(H,25,29)/t18-,22-/m1/s1. The second-order valence-corrected chi connectivity index (χ2v) is 9.78. The number of nitrogens with one attached hydrogen (secondary N) is 2. The van der Waals surface area contributed by atoms with Gasteiger partial charge in [-0.1, -0.05) is 25.5 Å². The number of hydrogen-bond donors (Lipinski definition) is 2. The lowest BCUT2D eigenvalue weighted by Gasteiger charge is -2.28. The summed E-state index contributed by atoms with van der Waals surface area (Å²) in [6, 6.07) is 10.4. The van der Waals surface area contributed by atoms with Gasteiger partial charge < -0.3 is 15.0 Å². The molecule has 33 heavy (non-hydrogen) atoms. The fourth-order valence-corrected chi connectivity index (χ4v) is 4.50. The first-order valence-corrected chi connectivity index (χ1v) is 12.5. The zero-order valence-corrected chi connectivity index (χ0v) is 19.6. The number of benzene rings is 2. The van der Waals surface area contributed by atoms with Gasteiger partial charge in [-0.05, 0) is 42.3 Å². The molecule has 0 unspecified atom stereocenters. The minimum Gasteiger partial charge on any atom is -0.497 e. The molecular formula is C23H28FN3O5S. The zero-order chi connectivity index (χ0) is 24.2. The molecule has 1 aliphatic rings. The summed E-state index contributed by atoms with van der Waals surface area (Å²) in [7, 11) is -2.14. The van der Waals surface area contributed by atoms with Crippen LogP contribution in [0.15, 0.2) is 42.5 Å². The molecule has 1 heterocycles. The number of carbonyl (C=O) groups is 2. The molecule has 1 aliphatic heterocycles. The molecule has 0 spiro atoms. The molecule has 1 fully saturated rings. The van der Waals surface area contributed by atoms with E-state index in [2.05, 4.69) is 10.0 Å². The summed E-state index contributed by atoms with van der Waals surface area (Å²) >= 11 is 0. The Morgan fingerprint density at radius 3 is 2.52 bits per heavy atom. The Balaban J connectivity index is 1.88. The Morgan fingerprint density at radius 1 is 1.21 bits per heavy atom. The Bertz CT molecular complexity index is 1120. The van der Waals surface area contributed by atoms with Crippen LogP contribution in [0, 0.1) is 11.7 Å². The van der Waals surface area contributed by atoms with Crippen LogP contribution in [0.25, 0.3) is 0 Å². The summed E-state index contributed by atoms with van der Waals surface area (Å²) in [6.07, 6.45) is 2.67. The molecule has 0 bridgehead atoms. The smallest absolute Gasteiger partial charge is 0.230 e. The van der Waals surface area contributed by atoms with Crippen molar-refractivity contribution in [2.75, 3.05) is 29.9 Å². The van der Waals surface area contributed by atoms with Crippen molar-refractivity contribution in [2.45, 2.75) is 32.2 Å². The normalized spacial score (nSPS) is 18.3. The van der Waals surface area contributed by atoms with Gasteiger partial charge in [-0.15, -0.1) is 0 Å². The van der Waals surface area contributed by atoms with Crippen molar-refractivity contribution in [3.8, 4) is 5.75 Å². The van der Waals surface area contributed by atoms with Crippen LogP contribution in [0.2, 0.25) is 0 Å². The molecule has 8 nitrogen and oxygen atoms in total. The molecular weight excluding hydrogens is 449 g/mol. The number of nitrogens with zero attached hydrogens (tertiary/aromatic N) is 1. The van der Waals surface area contributed by atoms with Crippen LogP contribution in [0.4, 0.5) is 15.8 Å². The highest BCUT2D eigenvalue weighted by Crippen LogP contribution is 2.39. The molecule has 0 aromatic heterocycles. The summed E-state index contributed by atoms with van der Waals surface area (Å²) < 4.78 is 44.3. The first-order valence-electron chi connectivity index (χ1n) is 10.6. The summed E-state index contributed by atoms with van der Waals surface area (Å²) in [5.41, 5.74) is 0.769. The number of unbranched alkanes of at least 4 members (excludes halogenated alkanes) is 1. The molecule has 0 aliphatic carbocycles. The maximum absolute atomic E-state index is 14.0. The highest BCUT2D eigenvalue weighted by atomic mass is 32.2. The number of likely N-dealkylation sites (tertiary alicyclic amines) is 1. The van der Waals surface area contributed by atoms with E-state index in [4.69, 9.17) is 4.74 Å². The van der Waals surface area contributed by atoms with Gasteiger partial charge in [-0.3, -0.25) is 14.3 Å². The average Bonchev–Trinajstić information content (AvgIpc) is 3.10. The largest absolute Gasteiger partial charge is 0.497 e. The lowest BCUT2D eigenvalue weighted by molar-refractivity contribution is -0.129. The number of anilines is 2. The van der Waals surface area contributed by atoms with Crippen molar-refractivity contribution in [3.63, 3.8) is 0 Å². The third kappa shape index (κ3) is 6.01. The van der Waals surface area contributed by atoms with E-state index in [0.29, 0.717) is 12.3 Å². The van der Waals surface area contributed by atoms with Crippen molar-refractivity contribution < 1.29 is 27.1 Å². The monoisotopic (exact) mass is 477 g/mol. The Hall–Kier alpha value is -3.14. The van der Waals surface area contributed by atoms with Crippen LogP contribution < -0.4 is 14.8 Å². The van der Waals surface area contributed by atoms with Gasteiger partial charge in [0.15, 0.2) is 0 Å². The SMILES string of the molecule is CCCCN1C(=O)C[C@@H](C(=O)Nc2ccc(F)c(NS(C)(=O)=O)c2)[C@H]1c1ccc(OC)cc1. The fourth-order valence-electron chi connectivity index (χ4n) is 3.95. The summed E-state index contributed by atoms with van der Waals surface area (Å²) in [5.74, 6) is -1.28. The van der Waals surface area contributed by atoms with Gasteiger partial charge in [0.2, 0.25) is 21.8 Å². The lowest BCUT2D eigenvalue weighted by Crippen LogP contribution is -2.33. The summed E-state index contributed by atoms with van der Waals surface area (Å²) in [5, 5.41) is 2.71. The van der Waals surface area contributed by atoms with Gasteiger partial charge in [-0.2, -0.15) is 0 Å². The minimum atomic E-state index is -3.70. The molecule has 2 atom stereocenters. The van der Waals surface area contributed by atoms with Crippen molar-refractivity contribution >= 4 is 33.2 Å². The number of methoxy groups -OCH3 is 1. The van der Waals surface area contributed by atoms with E-state index in [1.807, 2.05) is 19.1 Å². The second kappa shape index (κ2) is 10.2. The number of sulfonamides is 1. The predicted octanol–water partition coefficient (Wildman–Crippen LogP) is 3.53. The Kier molecular flexibility index (Phi) is 7.57. The molecule has 0 radical (unpaired) electrons. The van der Waals surface area contributed by atoms with Gasteiger partial charge in [-0.25, -0.2) is 12.8 Å². The van der Waals surface area contributed by atoms with Gasteiger partial charge in [0, 0.05) is 18.7 Å². The Morgan fingerprint density at radius 2 is 1.91 bits per heavy atom. The molecule has 3 rings (SSSR count). The highest BCUT2D eigenvalue weighted by Gasteiger charge is 2.44. The van der Waals surface area contributed by atoms with Crippen molar-refractivity contribution in [3.05, 3.63) is 53.8 Å². The average molecular weight is 478 g/mol. The fraction of sp³-hybridized carbons (Fsp3) is 0.391. The lowest BCUT2D eigenvalue weighted by atomic mass is 9.92. The number of carbonyl (C=O) groups excluding carboxylic acids is 2. The van der Waals surface area contributed by atoms with E-state index in [-0.39, 0.29) is 23.7 Å². The first-order chi connectivity index (χ1) is 15.6. The molecule has 2 aromatic rings. The number of hydrogen-bond acceptors (Lipinski definition) is 5. The van der Waals surface area contributed by atoms with Crippen LogP contribution in [0.5, 0.6) is 5.75 Å². The molecule has 2 N–H and O–H groups in total. The quantitative estimate of drug-likeness (QED) is 0.575. The van der Waals surface area contributed by atoms with E-state index in [9.17, 15) is 22.4 Å². The van der Waals surface area contributed by atoms with E-state index < -0.39 is 33.7 Å². The minimum absolute atomic E-state index is 0.0435. The van der Waals surface area contributed by atoms with Crippen LogP contribution >= 0.6 is 0 Å². The van der Waals surface area contributed by atoms with E-state index >= 15 is 0 Å². The van der Waals surface area contributed by atoms with E-state index in [1.54, 1.807) is 24.1 Å². The number of halogens is 1. The second-order valence-electron chi connectivity index (χ2n) is 8.03. The van der Waals surface area contributed by atoms with E-state index in [1.165, 1.54) is 12.1 Å². The topological polar surface area (TPSA) is 105 Å². The number of amides is 2.